The average Bonchev–Trinajstić information content (AvgIpc) is 3.20. The van der Waals surface area contributed by atoms with Crippen LogP contribution in [0.4, 0.5) is 0 Å². The summed E-state index contributed by atoms with van der Waals surface area (Å²) in [5, 5.41) is 0. The molecule has 0 aliphatic heterocycles. The van der Waals surface area contributed by atoms with Gasteiger partial charge in [0.15, 0.2) is 0 Å². The van der Waals surface area contributed by atoms with Gasteiger partial charge in [0.25, 0.3) is 0 Å². The molecule has 2 nitrogen and oxygen atoms in total. The predicted octanol–water partition coefficient (Wildman–Crippen LogP) is 16.9. The Kier molecular flexibility index (Phi) is 30.8. The molecule has 0 aliphatic rings. The van der Waals surface area contributed by atoms with Crippen LogP contribution >= 0.6 is 0 Å². The Morgan fingerprint density at radius 2 is 0.860 bits per heavy atom. The van der Waals surface area contributed by atoms with E-state index in [4.69, 9.17) is 0 Å². The summed E-state index contributed by atoms with van der Waals surface area (Å²) in [5.41, 5.74) is 26.0. The molecule has 0 fully saturated rings. The summed E-state index contributed by atoms with van der Waals surface area (Å²) in [5.74, 6) is 3.17. The summed E-state index contributed by atoms with van der Waals surface area (Å²) in [4.78, 5) is 3.64. The fourth-order valence-electron chi connectivity index (χ4n) is 8.38. The largest absolute Gasteiger partial charge is 0.348 e. The summed E-state index contributed by atoms with van der Waals surface area (Å²) in [7, 11) is 0. The maximum absolute atomic E-state index is 10.2. The van der Waals surface area contributed by atoms with E-state index in [1.54, 1.807) is 33.4 Å². The molecule has 2 aromatic carbocycles. The maximum atomic E-state index is 10.2. The molecule has 0 saturated carbocycles. The molecule has 322 valence electrons. The van der Waals surface area contributed by atoms with Crippen molar-refractivity contribution in [3.05, 3.63) is 97.6 Å². The van der Waals surface area contributed by atoms with Crippen molar-refractivity contribution in [3.8, 4) is 0 Å². The zero-order valence-electron chi connectivity index (χ0n) is 38.5. The van der Waals surface area contributed by atoms with Gasteiger partial charge in [-0.25, -0.2) is 0 Å². The maximum Gasteiger partial charge on any atom is 0.303 e. The molecule has 0 bridgehead atoms. The second-order valence-corrected chi connectivity index (χ2v) is 16.7. The van der Waals surface area contributed by atoms with Gasteiger partial charge in [0.1, 0.15) is 0 Å². The van der Waals surface area contributed by atoms with Crippen molar-refractivity contribution in [2.24, 2.45) is 0 Å². The number of hydrogen-bond donors (Lipinski definition) is 0. The molecule has 0 N–H and O–H groups in total. The number of aryl methyl sites for hydroxylation is 4. The van der Waals surface area contributed by atoms with E-state index in [-0.39, 0.29) is 16.5 Å². The molecule has 3 heteroatoms. The van der Waals surface area contributed by atoms with E-state index in [1.165, 1.54) is 151 Å². The number of hydrogen-bond acceptors (Lipinski definition) is 0. The normalized spacial score (nSPS) is 11.7. The van der Waals surface area contributed by atoms with Gasteiger partial charge in [-0.15, -0.1) is 4.79 Å². The summed E-state index contributed by atoms with van der Waals surface area (Å²) in [6.07, 6.45) is 38.1. The Hall–Kier alpha value is -2.43. The average molecular weight is 822 g/mol. The molecular weight excluding hydrogens is 735 g/mol. The molecular formula is C54H86N2Ni. The van der Waals surface area contributed by atoms with E-state index < -0.39 is 0 Å². The molecule has 0 radical (unpaired) electrons. The molecule has 2 rings (SSSR count). The number of nitrogens with zero attached hydrogens (tertiary/aromatic N) is 2. The van der Waals surface area contributed by atoms with Gasteiger partial charge < -0.3 is 5.53 Å². The molecule has 57 heavy (non-hydrogen) atoms. The minimum Gasteiger partial charge on any atom is -0.348 e. The van der Waals surface area contributed by atoms with E-state index in [9.17, 15) is 5.53 Å². The number of rotatable bonds is 32. The third kappa shape index (κ3) is 19.0. The van der Waals surface area contributed by atoms with Crippen LogP contribution in [0.5, 0.6) is 0 Å². The Bertz CT molecular complexity index is 1470. The van der Waals surface area contributed by atoms with Gasteiger partial charge >= 0.3 is 5.87 Å². The van der Waals surface area contributed by atoms with Gasteiger partial charge in [-0.05, 0) is 153 Å². The zero-order chi connectivity index (χ0) is 40.8. The first-order chi connectivity index (χ1) is 27.5. The SMILES string of the molecule is CCCCCC=CC(C(=C=[N+]=[N-])CCCC)=C(c1cc(CCCC)c(CCCC)c(CCCC)c1)c1cc(CCCCC)c(CCCCC)c(CCCCC)c1.[Ni]. The Labute approximate surface area is 363 Å². The predicted molar refractivity (Wildman–Crippen MR) is 249 cm³/mol. The second-order valence-electron chi connectivity index (χ2n) is 16.7. The van der Waals surface area contributed by atoms with Crippen LogP contribution in [0.3, 0.4) is 0 Å². The quantitative estimate of drug-likeness (QED) is 0.0176. The number of unbranched alkanes of at least 4 members (excludes halogenated alkanes) is 13. The van der Waals surface area contributed by atoms with Gasteiger partial charge in [0.2, 0.25) is 0 Å². The van der Waals surface area contributed by atoms with Crippen molar-refractivity contribution in [1.29, 1.82) is 0 Å². The van der Waals surface area contributed by atoms with Crippen molar-refractivity contribution in [2.75, 3.05) is 0 Å². The smallest absolute Gasteiger partial charge is 0.303 e. The van der Waals surface area contributed by atoms with Gasteiger partial charge in [-0.2, -0.15) is 0 Å². The first-order valence-corrected chi connectivity index (χ1v) is 24.1. The van der Waals surface area contributed by atoms with Crippen molar-refractivity contribution in [1.82, 2.24) is 0 Å². The van der Waals surface area contributed by atoms with Crippen molar-refractivity contribution in [2.45, 2.75) is 235 Å². The third-order valence-corrected chi connectivity index (χ3v) is 11.8. The third-order valence-electron chi connectivity index (χ3n) is 11.8. The van der Waals surface area contributed by atoms with Gasteiger partial charge in [-0.3, -0.25) is 0 Å². The van der Waals surface area contributed by atoms with E-state index in [1.807, 2.05) is 0 Å². The van der Waals surface area contributed by atoms with Crippen LogP contribution in [0.25, 0.3) is 11.1 Å². The van der Waals surface area contributed by atoms with Crippen LogP contribution in [0.1, 0.15) is 241 Å². The van der Waals surface area contributed by atoms with E-state index in [2.05, 4.69) is 102 Å². The topological polar surface area (TPSA) is 36.4 Å². The van der Waals surface area contributed by atoms with Crippen molar-refractivity contribution < 1.29 is 21.3 Å². The molecule has 0 atom stereocenters. The minimum absolute atomic E-state index is 0. The van der Waals surface area contributed by atoms with Crippen molar-refractivity contribution >= 4 is 11.4 Å². The van der Waals surface area contributed by atoms with Gasteiger partial charge in [0, 0.05) is 22.1 Å². The molecule has 0 unspecified atom stereocenters. The molecule has 0 saturated heterocycles. The fourth-order valence-corrected chi connectivity index (χ4v) is 8.38. The molecule has 2 aromatic rings. The Morgan fingerprint density at radius 1 is 0.491 bits per heavy atom. The van der Waals surface area contributed by atoms with Crippen LogP contribution in [0, 0.1) is 0 Å². The monoisotopic (exact) mass is 821 g/mol. The van der Waals surface area contributed by atoms with Crippen LogP contribution in [0.15, 0.2) is 47.6 Å². The summed E-state index contributed by atoms with van der Waals surface area (Å²) >= 11 is 0. The number of benzene rings is 2. The van der Waals surface area contributed by atoms with Gasteiger partial charge in [0.05, 0.1) is 5.57 Å². The number of allylic oxidation sites excluding steroid dienone is 4. The Balaban J connectivity index is 0.0000162. The van der Waals surface area contributed by atoms with E-state index in [0.29, 0.717) is 0 Å². The molecule has 0 heterocycles. The van der Waals surface area contributed by atoms with Crippen LogP contribution in [-0.4, -0.2) is 10.7 Å². The van der Waals surface area contributed by atoms with Crippen molar-refractivity contribution in [3.63, 3.8) is 0 Å². The first-order valence-electron chi connectivity index (χ1n) is 24.1. The standard InChI is InChI=1S/C54H86N2.Ni/c1-9-17-25-26-30-38-53(48(43-56-55)33-23-15-7)54(49-39-44(31-21-13-5)51(36-24-16-8)45(40-49)32-22-14-6)50-41-46(34-27-18-10-2)52(37-29-20-12-4)47(42-50)35-28-19-11-3;/h30,38-42H,9-29,31-37H2,1-8H3;. The van der Waals surface area contributed by atoms with Crippen LogP contribution in [0.2, 0.25) is 0 Å². The van der Waals surface area contributed by atoms with Crippen LogP contribution in [-0.2, 0) is 55.0 Å². The summed E-state index contributed by atoms with van der Waals surface area (Å²) in [6, 6.07) is 10.5. The Morgan fingerprint density at radius 3 is 1.28 bits per heavy atom. The van der Waals surface area contributed by atoms with Crippen LogP contribution < -0.4 is 0 Å². The second kappa shape index (κ2) is 33.4. The summed E-state index contributed by atoms with van der Waals surface area (Å²) in [6.45, 7) is 18.5. The first kappa shape index (κ1) is 52.6. The van der Waals surface area contributed by atoms with Gasteiger partial charge in [-0.1, -0.05) is 169 Å². The summed E-state index contributed by atoms with van der Waals surface area (Å²) < 4.78 is 0. The minimum atomic E-state index is 0. The molecule has 0 aromatic heterocycles. The molecule has 0 aliphatic carbocycles. The van der Waals surface area contributed by atoms with E-state index in [0.717, 1.165) is 56.9 Å². The van der Waals surface area contributed by atoms with E-state index >= 15 is 0 Å². The molecule has 0 spiro atoms. The zero-order valence-corrected chi connectivity index (χ0v) is 39.5. The fraction of sp³-hybridized carbons (Fsp3) is 0.667. The molecule has 0 amide bonds.